The molecule has 1 aromatic carbocycles. The number of halogens is 1. The number of anilines is 1. The molecule has 2 N–H and O–H groups in total. The fourth-order valence-corrected chi connectivity index (χ4v) is 1.68. The summed E-state index contributed by atoms with van der Waals surface area (Å²) in [7, 11) is 0. The molecule has 1 aromatic rings. The second kappa shape index (κ2) is 6.42. The average Bonchev–Trinajstić information content (AvgIpc) is 2.28. The van der Waals surface area contributed by atoms with Crippen LogP contribution >= 0.6 is 11.6 Å². The first-order valence-electron chi connectivity index (χ1n) is 5.36. The van der Waals surface area contributed by atoms with Gasteiger partial charge in [0.2, 0.25) is 0 Å². The van der Waals surface area contributed by atoms with E-state index in [1.165, 1.54) is 6.07 Å². The number of hydrogen-bond donors (Lipinski definition) is 2. The van der Waals surface area contributed by atoms with Crippen molar-refractivity contribution in [2.75, 3.05) is 11.9 Å². The summed E-state index contributed by atoms with van der Waals surface area (Å²) in [6.07, 6.45) is 1.41. The molecule has 0 aliphatic rings. The number of nitrogens with zero attached hydrogens (tertiary/aromatic N) is 1. The topological polar surface area (TPSA) is 75.4 Å². The van der Waals surface area contributed by atoms with Gasteiger partial charge in [-0.2, -0.15) is 0 Å². The van der Waals surface area contributed by atoms with Crippen LogP contribution in [0.15, 0.2) is 18.2 Å². The number of nitro groups is 1. The molecule has 17 heavy (non-hydrogen) atoms. The van der Waals surface area contributed by atoms with E-state index in [2.05, 4.69) is 5.32 Å². The summed E-state index contributed by atoms with van der Waals surface area (Å²) in [5.41, 5.74) is 0.415. The normalized spacial score (nSPS) is 12.2. The summed E-state index contributed by atoms with van der Waals surface area (Å²) < 4.78 is 0. The molecule has 0 fully saturated rings. The first-order chi connectivity index (χ1) is 8.04. The van der Waals surface area contributed by atoms with Crippen molar-refractivity contribution >= 4 is 23.0 Å². The molecule has 94 valence electrons. The third-order valence-electron chi connectivity index (χ3n) is 2.35. The lowest BCUT2D eigenvalue weighted by molar-refractivity contribution is -0.384. The van der Waals surface area contributed by atoms with Gasteiger partial charge in [0.1, 0.15) is 5.69 Å². The highest BCUT2D eigenvalue weighted by Gasteiger charge is 2.15. The molecule has 0 aromatic heterocycles. The van der Waals surface area contributed by atoms with Crippen LogP contribution < -0.4 is 5.32 Å². The summed E-state index contributed by atoms with van der Waals surface area (Å²) in [5, 5.41) is 22.9. The summed E-state index contributed by atoms with van der Waals surface area (Å²) in [5.74, 6) is 0. The van der Waals surface area contributed by atoms with Gasteiger partial charge in [-0.05, 0) is 31.9 Å². The first kappa shape index (κ1) is 13.7. The van der Waals surface area contributed by atoms with Crippen LogP contribution in [0.1, 0.15) is 19.8 Å². The Labute approximate surface area is 105 Å². The van der Waals surface area contributed by atoms with Crippen LogP contribution in [0.3, 0.4) is 0 Å². The second-order valence-electron chi connectivity index (χ2n) is 3.83. The zero-order chi connectivity index (χ0) is 12.8. The van der Waals surface area contributed by atoms with E-state index in [9.17, 15) is 10.1 Å². The molecule has 6 heteroatoms. The highest BCUT2D eigenvalue weighted by molar-refractivity contribution is 6.30. The number of hydrogen-bond acceptors (Lipinski definition) is 4. The Balaban J connectivity index is 2.79. The molecule has 1 rings (SSSR count). The predicted molar refractivity (Wildman–Crippen MR) is 67.5 cm³/mol. The molecule has 0 saturated carbocycles. The minimum absolute atomic E-state index is 0.0339. The zero-order valence-electron chi connectivity index (χ0n) is 9.52. The minimum atomic E-state index is -0.465. The quantitative estimate of drug-likeness (QED) is 0.608. The van der Waals surface area contributed by atoms with Gasteiger partial charge in [-0.25, -0.2) is 0 Å². The minimum Gasteiger partial charge on any atom is -0.396 e. The van der Waals surface area contributed by atoms with Gasteiger partial charge in [-0.1, -0.05) is 11.6 Å². The SMILES string of the molecule is CC(CCCO)Nc1ccc(Cl)cc1[N+](=O)[O-]. The number of rotatable bonds is 6. The van der Waals surface area contributed by atoms with Crippen LogP contribution in [0.25, 0.3) is 0 Å². The van der Waals surface area contributed by atoms with E-state index >= 15 is 0 Å². The highest BCUT2D eigenvalue weighted by Crippen LogP contribution is 2.28. The number of aliphatic hydroxyl groups excluding tert-OH is 1. The Morgan fingerprint density at radius 2 is 2.29 bits per heavy atom. The van der Waals surface area contributed by atoms with E-state index in [0.717, 1.165) is 6.42 Å². The molecule has 5 nitrogen and oxygen atoms in total. The van der Waals surface area contributed by atoms with Crippen molar-refractivity contribution in [3.05, 3.63) is 33.3 Å². The zero-order valence-corrected chi connectivity index (χ0v) is 10.3. The van der Waals surface area contributed by atoms with Crippen molar-refractivity contribution in [3.8, 4) is 0 Å². The van der Waals surface area contributed by atoms with Gasteiger partial charge in [-0.15, -0.1) is 0 Å². The number of nitro benzene ring substituents is 1. The fraction of sp³-hybridized carbons (Fsp3) is 0.455. The molecule has 0 spiro atoms. The number of nitrogens with one attached hydrogen (secondary N) is 1. The Morgan fingerprint density at radius 1 is 1.59 bits per heavy atom. The van der Waals surface area contributed by atoms with Gasteiger partial charge in [-0.3, -0.25) is 10.1 Å². The summed E-state index contributed by atoms with van der Waals surface area (Å²) in [6.45, 7) is 2.03. The Morgan fingerprint density at radius 3 is 2.88 bits per heavy atom. The second-order valence-corrected chi connectivity index (χ2v) is 4.27. The maximum Gasteiger partial charge on any atom is 0.293 e. The maximum atomic E-state index is 10.8. The van der Waals surface area contributed by atoms with Crippen molar-refractivity contribution in [2.24, 2.45) is 0 Å². The van der Waals surface area contributed by atoms with Crippen LogP contribution in [-0.2, 0) is 0 Å². The van der Waals surface area contributed by atoms with E-state index in [0.29, 0.717) is 17.1 Å². The van der Waals surface area contributed by atoms with E-state index < -0.39 is 4.92 Å². The largest absolute Gasteiger partial charge is 0.396 e. The third kappa shape index (κ3) is 4.20. The predicted octanol–water partition coefficient (Wildman–Crippen LogP) is 2.82. The standard InChI is InChI=1S/C11H15ClN2O3/c1-8(3-2-6-15)13-10-5-4-9(12)7-11(10)14(16)17/h4-5,7-8,13,15H,2-3,6H2,1H3. The summed E-state index contributed by atoms with van der Waals surface area (Å²) in [6, 6.07) is 4.58. The van der Waals surface area contributed by atoms with Crippen molar-refractivity contribution in [1.82, 2.24) is 0 Å². The third-order valence-corrected chi connectivity index (χ3v) is 2.59. The van der Waals surface area contributed by atoms with Crippen molar-refractivity contribution in [3.63, 3.8) is 0 Å². The highest BCUT2D eigenvalue weighted by atomic mass is 35.5. The van der Waals surface area contributed by atoms with E-state index in [1.807, 2.05) is 6.92 Å². The monoisotopic (exact) mass is 258 g/mol. The molecule has 0 aliphatic heterocycles. The Bertz CT molecular complexity index is 398. The van der Waals surface area contributed by atoms with Gasteiger partial charge in [0.15, 0.2) is 0 Å². The molecule has 0 bridgehead atoms. The van der Waals surface area contributed by atoms with Crippen molar-refractivity contribution < 1.29 is 10.0 Å². The summed E-state index contributed by atoms with van der Waals surface area (Å²) >= 11 is 5.72. The van der Waals surface area contributed by atoms with Gasteiger partial charge in [0, 0.05) is 23.7 Å². The smallest absolute Gasteiger partial charge is 0.293 e. The maximum absolute atomic E-state index is 10.8. The van der Waals surface area contributed by atoms with E-state index in [-0.39, 0.29) is 18.3 Å². The molecule has 0 radical (unpaired) electrons. The lowest BCUT2D eigenvalue weighted by atomic mass is 10.1. The molecule has 1 unspecified atom stereocenters. The van der Waals surface area contributed by atoms with Crippen LogP contribution in [0.4, 0.5) is 11.4 Å². The van der Waals surface area contributed by atoms with Gasteiger partial charge in [0.25, 0.3) is 5.69 Å². The molecule has 0 amide bonds. The van der Waals surface area contributed by atoms with Gasteiger partial charge in [0.05, 0.1) is 4.92 Å². The van der Waals surface area contributed by atoms with Crippen molar-refractivity contribution in [2.45, 2.75) is 25.8 Å². The van der Waals surface area contributed by atoms with Crippen LogP contribution in [0.2, 0.25) is 5.02 Å². The van der Waals surface area contributed by atoms with Crippen LogP contribution in [-0.4, -0.2) is 22.7 Å². The lowest BCUT2D eigenvalue weighted by Gasteiger charge is -2.14. The van der Waals surface area contributed by atoms with Gasteiger partial charge < -0.3 is 10.4 Å². The van der Waals surface area contributed by atoms with Gasteiger partial charge >= 0.3 is 0 Å². The Kier molecular flexibility index (Phi) is 5.18. The number of benzene rings is 1. The van der Waals surface area contributed by atoms with E-state index in [4.69, 9.17) is 16.7 Å². The average molecular weight is 259 g/mol. The van der Waals surface area contributed by atoms with Crippen LogP contribution in [0, 0.1) is 10.1 Å². The van der Waals surface area contributed by atoms with Crippen LogP contribution in [0.5, 0.6) is 0 Å². The molecule has 1 atom stereocenters. The van der Waals surface area contributed by atoms with Crippen molar-refractivity contribution in [1.29, 1.82) is 0 Å². The lowest BCUT2D eigenvalue weighted by Crippen LogP contribution is -2.16. The molecule has 0 saturated heterocycles. The molecule has 0 aliphatic carbocycles. The summed E-state index contributed by atoms with van der Waals surface area (Å²) in [4.78, 5) is 10.4. The Hall–Kier alpha value is -1.33. The first-order valence-corrected chi connectivity index (χ1v) is 5.73. The number of aliphatic hydroxyl groups is 1. The molecule has 0 heterocycles. The van der Waals surface area contributed by atoms with E-state index in [1.54, 1.807) is 12.1 Å². The molecular formula is C11H15ClN2O3. The molecular weight excluding hydrogens is 244 g/mol. The fourth-order valence-electron chi connectivity index (χ4n) is 1.51.